The summed E-state index contributed by atoms with van der Waals surface area (Å²) in [6.07, 6.45) is 0.524. The van der Waals surface area contributed by atoms with Crippen molar-refractivity contribution >= 4 is 12.1 Å². The standard InChI is InChI=1S/C19H24N2O6/c1-19(2,3)27-18(23)21-14(11-25-10-13-8-6-5-7-9-13)16-20-15(12-26-16)17(22)24-4/h5-9,12,14H,10-11H2,1-4H3,(H,21,23). The van der Waals surface area contributed by atoms with Gasteiger partial charge in [-0.1, -0.05) is 30.3 Å². The Morgan fingerprint density at radius 1 is 1.22 bits per heavy atom. The Labute approximate surface area is 157 Å². The maximum absolute atomic E-state index is 12.1. The summed E-state index contributed by atoms with van der Waals surface area (Å²) in [5.74, 6) is -0.513. The molecule has 1 aromatic heterocycles. The van der Waals surface area contributed by atoms with Gasteiger partial charge in [-0.3, -0.25) is 0 Å². The minimum atomic E-state index is -0.734. The van der Waals surface area contributed by atoms with Crippen LogP contribution < -0.4 is 5.32 Å². The molecule has 27 heavy (non-hydrogen) atoms. The van der Waals surface area contributed by atoms with E-state index in [1.54, 1.807) is 20.8 Å². The van der Waals surface area contributed by atoms with Crippen molar-refractivity contribution in [1.82, 2.24) is 10.3 Å². The Morgan fingerprint density at radius 2 is 1.93 bits per heavy atom. The van der Waals surface area contributed by atoms with E-state index in [1.807, 2.05) is 30.3 Å². The first-order valence-corrected chi connectivity index (χ1v) is 8.43. The van der Waals surface area contributed by atoms with E-state index in [1.165, 1.54) is 13.4 Å². The number of amides is 1. The molecule has 0 aliphatic rings. The van der Waals surface area contributed by atoms with E-state index >= 15 is 0 Å². The fourth-order valence-corrected chi connectivity index (χ4v) is 2.14. The van der Waals surface area contributed by atoms with Gasteiger partial charge in [-0.05, 0) is 26.3 Å². The molecule has 1 unspecified atom stereocenters. The SMILES string of the molecule is COC(=O)c1coc(C(COCc2ccccc2)NC(=O)OC(C)(C)C)n1. The Balaban J connectivity index is 2.06. The van der Waals surface area contributed by atoms with Gasteiger partial charge in [-0.25, -0.2) is 14.6 Å². The van der Waals surface area contributed by atoms with Gasteiger partial charge in [0.15, 0.2) is 5.69 Å². The average Bonchev–Trinajstić information content (AvgIpc) is 3.09. The first-order valence-electron chi connectivity index (χ1n) is 8.43. The molecule has 2 aromatic rings. The molecule has 8 nitrogen and oxygen atoms in total. The third kappa shape index (κ3) is 6.74. The summed E-state index contributed by atoms with van der Waals surface area (Å²) in [6.45, 7) is 5.70. The molecule has 1 N–H and O–H groups in total. The topological polar surface area (TPSA) is 99.9 Å². The van der Waals surface area contributed by atoms with Crippen molar-refractivity contribution < 1.29 is 28.2 Å². The van der Waals surface area contributed by atoms with Crippen LogP contribution in [0.2, 0.25) is 0 Å². The maximum atomic E-state index is 12.1. The van der Waals surface area contributed by atoms with Gasteiger partial charge < -0.3 is 23.9 Å². The van der Waals surface area contributed by atoms with Crippen LogP contribution in [0.15, 0.2) is 41.0 Å². The predicted octanol–water partition coefficient (Wildman–Crippen LogP) is 3.24. The first-order chi connectivity index (χ1) is 12.8. The highest BCUT2D eigenvalue weighted by atomic mass is 16.6. The zero-order chi connectivity index (χ0) is 19.9. The van der Waals surface area contributed by atoms with Crippen LogP contribution in [0.4, 0.5) is 4.79 Å². The monoisotopic (exact) mass is 376 g/mol. The zero-order valence-electron chi connectivity index (χ0n) is 15.9. The Hall–Kier alpha value is -2.87. The Bertz CT molecular complexity index is 751. The fourth-order valence-electron chi connectivity index (χ4n) is 2.14. The van der Waals surface area contributed by atoms with Crippen LogP contribution in [0, 0.1) is 0 Å². The number of aromatic nitrogens is 1. The quantitative estimate of drug-likeness (QED) is 0.740. The second-order valence-corrected chi connectivity index (χ2v) is 6.76. The molecule has 0 fully saturated rings. The zero-order valence-corrected chi connectivity index (χ0v) is 15.9. The molecule has 0 saturated heterocycles. The van der Waals surface area contributed by atoms with Crippen LogP contribution in [0.5, 0.6) is 0 Å². The van der Waals surface area contributed by atoms with Crippen LogP contribution >= 0.6 is 0 Å². The van der Waals surface area contributed by atoms with Gasteiger partial charge in [-0.15, -0.1) is 0 Å². The number of carbonyl (C=O) groups is 2. The summed E-state index contributed by atoms with van der Waals surface area (Å²) < 4.78 is 20.9. The van der Waals surface area contributed by atoms with Crippen LogP contribution in [-0.2, 0) is 20.8 Å². The highest BCUT2D eigenvalue weighted by Crippen LogP contribution is 2.16. The Kier molecular flexibility index (Phi) is 6.95. The van der Waals surface area contributed by atoms with Crippen molar-refractivity contribution in [2.24, 2.45) is 0 Å². The lowest BCUT2D eigenvalue weighted by Crippen LogP contribution is -2.36. The van der Waals surface area contributed by atoms with E-state index < -0.39 is 23.7 Å². The summed E-state index contributed by atoms with van der Waals surface area (Å²) in [6, 6.07) is 8.85. The van der Waals surface area contributed by atoms with Gasteiger partial charge in [0.05, 0.1) is 20.3 Å². The molecule has 1 aromatic carbocycles. The van der Waals surface area contributed by atoms with Gasteiger partial charge in [0.2, 0.25) is 5.89 Å². The highest BCUT2D eigenvalue weighted by Gasteiger charge is 2.25. The van der Waals surface area contributed by atoms with Crippen molar-refractivity contribution in [2.75, 3.05) is 13.7 Å². The number of benzene rings is 1. The maximum Gasteiger partial charge on any atom is 0.408 e. The molecular formula is C19H24N2O6. The number of hydrogen-bond acceptors (Lipinski definition) is 7. The molecule has 8 heteroatoms. The van der Waals surface area contributed by atoms with Crippen molar-refractivity contribution in [3.05, 3.63) is 53.7 Å². The first kappa shape index (κ1) is 20.4. The van der Waals surface area contributed by atoms with Gasteiger partial charge in [0, 0.05) is 0 Å². The molecule has 0 aliphatic heterocycles. The summed E-state index contributed by atoms with van der Waals surface area (Å²) in [4.78, 5) is 27.8. The minimum Gasteiger partial charge on any atom is -0.464 e. The fraction of sp³-hybridized carbons (Fsp3) is 0.421. The smallest absolute Gasteiger partial charge is 0.408 e. The number of nitrogens with one attached hydrogen (secondary N) is 1. The Morgan fingerprint density at radius 3 is 2.56 bits per heavy atom. The molecule has 0 spiro atoms. The molecular weight excluding hydrogens is 352 g/mol. The molecule has 0 saturated carbocycles. The van der Waals surface area contributed by atoms with Crippen molar-refractivity contribution in [1.29, 1.82) is 0 Å². The normalized spacial score (nSPS) is 12.3. The van der Waals surface area contributed by atoms with Crippen molar-refractivity contribution in [3.63, 3.8) is 0 Å². The van der Waals surface area contributed by atoms with Crippen molar-refractivity contribution in [2.45, 2.75) is 39.0 Å². The average molecular weight is 376 g/mol. The second-order valence-electron chi connectivity index (χ2n) is 6.76. The van der Waals surface area contributed by atoms with Gasteiger partial charge in [-0.2, -0.15) is 0 Å². The van der Waals surface area contributed by atoms with Gasteiger partial charge in [0.25, 0.3) is 0 Å². The summed E-state index contributed by atoms with van der Waals surface area (Å²) in [5, 5.41) is 2.65. The van der Waals surface area contributed by atoms with E-state index in [0.717, 1.165) is 5.56 Å². The molecule has 0 bridgehead atoms. The van der Waals surface area contributed by atoms with Gasteiger partial charge >= 0.3 is 12.1 Å². The van der Waals surface area contributed by atoms with Gasteiger partial charge in [0.1, 0.15) is 17.9 Å². The van der Waals surface area contributed by atoms with Crippen LogP contribution in [-0.4, -0.2) is 36.4 Å². The number of ether oxygens (including phenoxy) is 3. The molecule has 1 atom stereocenters. The molecule has 1 heterocycles. The number of methoxy groups -OCH3 is 1. The lowest BCUT2D eigenvalue weighted by molar-refractivity contribution is 0.0404. The number of carbonyl (C=O) groups excluding carboxylic acids is 2. The summed E-state index contributed by atoms with van der Waals surface area (Å²) in [5.41, 5.74) is 0.329. The lowest BCUT2D eigenvalue weighted by atomic mass is 10.2. The minimum absolute atomic E-state index is 0.00606. The third-order valence-corrected chi connectivity index (χ3v) is 3.30. The molecule has 0 aliphatic carbocycles. The molecule has 2 rings (SSSR count). The number of esters is 1. The molecule has 1 amide bonds. The van der Waals surface area contributed by atoms with E-state index in [9.17, 15) is 9.59 Å². The van der Waals surface area contributed by atoms with E-state index in [0.29, 0.717) is 6.61 Å². The van der Waals surface area contributed by atoms with E-state index in [-0.39, 0.29) is 18.2 Å². The highest BCUT2D eigenvalue weighted by molar-refractivity contribution is 5.86. The van der Waals surface area contributed by atoms with Crippen LogP contribution in [0.1, 0.15) is 48.8 Å². The largest absolute Gasteiger partial charge is 0.464 e. The number of oxazole rings is 1. The molecule has 146 valence electrons. The second kappa shape index (κ2) is 9.18. The number of hydrogen-bond donors (Lipinski definition) is 1. The van der Waals surface area contributed by atoms with Crippen LogP contribution in [0.3, 0.4) is 0 Å². The third-order valence-electron chi connectivity index (χ3n) is 3.30. The van der Waals surface area contributed by atoms with Crippen molar-refractivity contribution in [3.8, 4) is 0 Å². The predicted molar refractivity (Wildman–Crippen MR) is 96.1 cm³/mol. The lowest BCUT2D eigenvalue weighted by Gasteiger charge is -2.22. The van der Waals surface area contributed by atoms with Crippen LogP contribution in [0.25, 0.3) is 0 Å². The summed E-state index contributed by atoms with van der Waals surface area (Å²) in [7, 11) is 1.25. The van der Waals surface area contributed by atoms with E-state index in [4.69, 9.17) is 13.9 Å². The number of nitrogens with zero attached hydrogens (tertiary/aromatic N) is 1. The van der Waals surface area contributed by atoms with E-state index in [2.05, 4.69) is 15.0 Å². The number of rotatable bonds is 7. The molecule has 0 radical (unpaired) electrons. The number of alkyl carbamates (subject to hydrolysis) is 1. The summed E-state index contributed by atoms with van der Waals surface area (Å²) >= 11 is 0.